The molecule has 3 aromatic rings. The largest absolute Gasteiger partial charge is 0.487 e. The van der Waals surface area contributed by atoms with Gasteiger partial charge in [-0.2, -0.15) is 0 Å². The van der Waals surface area contributed by atoms with Crippen LogP contribution in [0.1, 0.15) is 16.9 Å². The first-order chi connectivity index (χ1) is 13.1. The molecule has 0 aliphatic heterocycles. The minimum Gasteiger partial charge on any atom is -0.487 e. The number of rotatable bonds is 6. The maximum atomic E-state index is 6.34. The van der Waals surface area contributed by atoms with Gasteiger partial charge in [0.05, 0.1) is 17.0 Å². The molecule has 3 nitrogen and oxygen atoms in total. The van der Waals surface area contributed by atoms with Gasteiger partial charge in [-0.3, -0.25) is 0 Å². The first-order valence-electron chi connectivity index (χ1n) is 8.08. The quantitative estimate of drug-likeness (QED) is 0.226. The maximum absolute atomic E-state index is 6.34. The number of halogens is 2. The van der Waals surface area contributed by atoms with E-state index in [-0.39, 0.29) is 0 Å². The minimum absolute atomic E-state index is 0.307. The van der Waals surface area contributed by atoms with Crippen LogP contribution in [-0.4, -0.2) is 11.3 Å². The third-order valence-corrected chi connectivity index (χ3v) is 6.02. The summed E-state index contributed by atoms with van der Waals surface area (Å²) < 4.78 is 11.2. The van der Waals surface area contributed by atoms with E-state index in [2.05, 4.69) is 0 Å². The van der Waals surface area contributed by atoms with Crippen molar-refractivity contribution >= 4 is 55.5 Å². The van der Waals surface area contributed by atoms with Crippen LogP contribution in [0.25, 0.3) is 0 Å². The average molecular weight is 438 g/mol. The Balaban J connectivity index is 1.85. The van der Waals surface area contributed by atoms with Crippen LogP contribution in [0.15, 0.2) is 64.2 Å². The van der Waals surface area contributed by atoms with E-state index in [0.717, 1.165) is 27.6 Å². The molecule has 7 heteroatoms. The van der Waals surface area contributed by atoms with Crippen LogP contribution in [-0.2, 0) is 6.61 Å². The molecule has 2 aromatic carbocycles. The summed E-state index contributed by atoms with van der Waals surface area (Å²) in [6.07, 6.45) is 3.69. The lowest BCUT2D eigenvalue weighted by Crippen LogP contribution is -1.97. The molecular formula is C20H17Cl2NO2S2. The predicted octanol–water partition coefficient (Wildman–Crippen LogP) is 7.56. The highest BCUT2D eigenvalue weighted by Crippen LogP contribution is 2.31. The lowest BCUT2D eigenvalue weighted by molar-refractivity contribution is 0.306. The molecular weight excluding hydrogens is 421 g/mol. The van der Waals surface area contributed by atoms with E-state index in [1.165, 1.54) is 0 Å². The molecule has 0 unspecified atom stereocenters. The number of para-hydroxylation sites is 1. The van der Waals surface area contributed by atoms with Crippen molar-refractivity contribution in [2.75, 3.05) is 6.26 Å². The Morgan fingerprint density at radius 2 is 1.93 bits per heavy atom. The van der Waals surface area contributed by atoms with E-state index in [4.69, 9.17) is 37.3 Å². The van der Waals surface area contributed by atoms with Crippen LogP contribution in [0.4, 0.5) is 5.69 Å². The Hall–Kier alpha value is -1.53. The van der Waals surface area contributed by atoms with Gasteiger partial charge in [-0.05, 0) is 60.4 Å². The van der Waals surface area contributed by atoms with Gasteiger partial charge in [0, 0.05) is 16.1 Å². The fraction of sp³-hybridized carbons (Fsp3) is 0.150. The van der Waals surface area contributed by atoms with Gasteiger partial charge in [-0.25, -0.2) is 4.99 Å². The standard InChI is InChI=1S/C20H17Cl2NO2S2/c1-13-16(9-10-24-13)20(27-26-2)23-15-7-8-17(21)14(11-15)12-25-19-6-4-3-5-18(19)22/h3-11H,12H2,1-2H3. The van der Waals surface area contributed by atoms with Crippen LogP contribution >= 0.6 is 44.8 Å². The molecule has 1 aromatic heterocycles. The Kier molecular flexibility index (Phi) is 7.19. The number of furan rings is 1. The summed E-state index contributed by atoms with van der Waals surface area (Å²) in [7, 11) is 3.22. The first-order valence-corrected chi connectivity index (χ1v) is 11.4. The molecule has 0 atom stereocenters. The molecule has 0 bridgehead atoms. The zero-order valence-corrected chi connectivity index (χ0v) is 17.9. The first kappa shape index (κ1) is 20.2. The van der Waals surface area contributed by atoms with Crippen LogP contribution in [0.2, 0.25) is 10.0 Å². The minimum atomic E-state index is 0.307. The predicted molar refractivity (Wildman–Crippen MR) is 118 cm³/mol. The monoisotopic (exact) mass is 437 g/mol. The van der Waals surface area contributed by atoms with Crippen LogP contribution in [0.3, 0.4) is 0 Å². The van der Waals surface area contributed by atoms with E-state index in [1.807, 2.05) is 55.6 Å². The van der Waals surface area contributed by atoms with Crippen molar-refractivity contribution in [3.8, 4) is 5.75 Å². The molecule has 140 valence electrons. The van der Waals surface area contributed by atoms with Crippen molar-refractivity contribution in [2.45, 2.75) is 13.5 Å². The molecule has 0 spiro atoms. The number of aryl methyl sites for hydroxylation is 1. The topological polar surface area (TPSA) is 34.7 Å². The molecule has 0 saturated carbocycles. The number of aliphatic imine (C=N–C) groups is 1. The van der Waals surface area contributed by atoms with Gasteiger partial charge in [-0.15, -0.1) is 0 Å². The average Bonchev–Trinajstić information content (AvgIpc) is 3.09. The Labute approximate surface area is 176 Å². The zero-order chi connectivity index (χ0) is 19.2. The van der Waals surface area contributed by atoms with Gasteiger partial charge in [0.2, 0.25) is 0 Å². The lowest BCUT2D eigenvalue weighted by Gasteiger charge is -2.10. The summed E-state index contributed by atoms with van der Waals surface area (Å²) in [5.41, 5.74) is 2.63. The second-order valence-electron chi connectivity index (χ2n) is 5.55. The normalized spacial score (nSPS) is 11.6. The van der Waals surface area contributed by atoms with Crippen molar-refractivity contribution in [3.05, 3.63) is 81.7 Å². The third-order valence-electron chi connectivity index (χ3n) is 3.73. The molecule has 3 rings (SSSR count). The molecule has 0 fully saturated rings. The number of nitrogens with zero attached hydrogens (tertiary/aromatic N) is 1. The second-order valence-corrected chi connectivity index (χ2v) is 8.75. The van der Waals surface area contributed by atoms with Crippen LogP contribution in [0, 0.1) is 6.92 Å². The summed E-state index contributed by atoms with van der Waals surface area (Å²) in [4.78, 5) is 4.78. The smallest absolute Gasteiger partial charge is 0.138 e. The third kappa shape index (κ3) is 5.26. The number of hydrogen-bond acceptors (Lipinski definition) is 5. The van der Waals surface area contributed by atoms with Gasteiger partial charge in [-0.1, -0.05) is 46.1 Å². The molecule has 1 heterocycles. The van der Waals surface area contributed by atoms with Gasteiger partial charge in [0.25, 0.3) is 0 Å². The van der Waals surface area contributed by atoms with Crippen molar-refractivity contribution in [2.24, 2.45) is 4.99 Å². The molecule has 27 heavy (non-hydrogen) atoms. The SMILES string of the molecule is CSSC(=Nc1ccc(Cl)c(COc2ccccc2Cl)c1)c1ccoc1C. The number of hydrogen-bond donors (Lipinski definition) is 0. The molecule has 0 N–H and O–H groups in total. The van der Waals surface area contributed by atoms with E-state index in [0.29, 0.717) is 22.4 Å². The molecule has 0 radical (unpaired) electrons. The molecule has 0 saturated heterocycles. The van der Waals surface area contributed by atoms with Crippen LogP contribution < -0.4 is 4.74 Å². The number of ether oxygens (including phenoxy) is 1. The van der Waals surface area contributed by atoms with Gasteiger partial charge in [0.1, 0.15) is 23.2 Å². The summed E-state index contributed by atoms with van der Waals surface area (Å²) >= 11 is 12.5. The molecule has 0 aliphatic carbocycles. The van der Waals surface area contributed by atoms with E-state index in [1.54, 1.807) is 33.9 Å². The van der Waals surface area contributed by atoms with E-state index >= 15 is 0 Å². The highest BCUT2D eigenvalue weighted by Gasteiger charge is 2.12. The maximum Gasteiger partial charge on any atom is 0.138 e. The molecule has 0 amide bonds. The fourth-order valence-electron chi connectivity index (χ4n) is 2.39. The highest BCUT2D eigenvalue weighted by atomic mass is 35.5. The highest BCUT2D eigenvalue weighted by molar-refractivity contribution is 8.82. The van der Waals surface area contributed by atoms with E-state index < -0.39 is 0 Å². The Morgan fingerprint density at radius 1 is 1.11 bits per heavy atom. The van der Waals surface area contributed by atoms with Gasteiger partial charge < -0.3 is 9.15 Å². The zero-order valence-electron chi connectivity index (χ0n) is 14.7. The van der Waals surface area contributed by atoms with Crippen molar-refractivity contribution in [1.29, 1.82) is 0 Å². The van der Waals surface area contributed by atoms with Crippen molar-refractivity contribution in [1.82, 2.24) is 0 Å². The summed E-state index contributed by atoms with van der Waals surface area (Å²) in [6.45, 7) is 2.23. The Morgan fingerprint density at radius 3 is 2.63 bits per heavy atom. The second kappa shape index (κ2) is 9.60. The fourth-order valence-corrected chi connectivity index (χ4v) is 4.20. The lowest BCUT2D eigenvalue weighted by atomic mass is 10.2. The van der Waals surface area contributed by atoms with Gasteiger partial charge >= 0.3 is 0 Å². The number of benzene rings is 2. The van der Waals surface area contributed by atoms with Crippen LogP contribution in [0.5, 0.6) is 5.75 Å². The Bertz CT molecular complexity index is 957. The van der Waals surface area contributed by atoms with Crippen molar-refractivity contribution in [3.63, 3.8) is 0 Å². The summed E-state index contributed by atoms with van der Waals surface area (Å²) in [5.74, 6) is 1.46. The summed E-state index contributed by atoms with van der Waals surface area (Å²) in [5, 5.41) is 2.07. The molecule has 0 aliphatic rings. The van der Waals surface area contributed by atoms with Crippen molar-refractivity contribution < 1.29 is 9.15 Å². The van der Waals surface area contributed by atoms with E-state index in [9.17, 15) is 0 Å². The summed E-state index contributed by atoms with van der Waals surface area (Å²) in [6, 6.07) is 14.9. The van der Waals surface area contributed by atoms with Gasteiger partial charge in [0.15, 0.2) is 0 Å².